The Morgan fingerprint density at radius 3 is 2.39 bits per heavy atom. The van der Waals surface area contributed by atoms with E-state index < -0.39 is 9.84 Å². The number of piperazine rings is 1. The number of carbonyl (C=O) groups excluding carboxylic acids is 1. The molecule has 1 aliphatic heterocycles. The monoisotopic (exact) mass is 340 g/mol. The van der Waals surface area contributed by atoms with Crippen LogP contribution < -0.4 is 0 Å². The number of hydrogen-bond donors (Lipinski definition) is 1. The second kappa shape index (κ2) is 6.98. The fourth-order valence-electron chi connectivity index (χ4n) is 2.74. The Bertz CT molecular complexity index is 677. The Labute approximate surface area is 137 Å². The van der Waals surface area contributed by atoms with Crippen LogP contribution in [0.2, 0.25) is 0 Å². The van der Waals surface area contributed by atoms with Gasteiger partial charge in [-0.25, -0.2) is 8.42 Å². The largest absolute Gasteiger partial charge is 0.392 e. The number of sulfone groups is 1. The first-order valence-corrected chi connectivity index (χ1v) is 9.58. The van der Waals surface area contributed by atoms with Gasteiger partial charge in [0.25, 0.3) is 5.91 Å². The minimum Gasteiger partial charge on any atom is -0.392 e. The first kappa shape index (κ1) is 17.9. The Kier molecular flexibility index (Phi) is 5.44. The Hall–Kier alpha value is -1.44. The van der Waals surface area contributed by atoms with Crippen LogP contribution in [-0.2, 0) is 9.84 Å². The van der Waals surface area contributed by atoms with Gasteiger partial charge in [0.1, 0.15) is 0 Å². The maximum atomic E-state index is 12.7. The summed E-state index contributed by atoms with van der Waals surface area (Å²) in [5.74, 6) is -0.135. The topological polar surface area (TPSA) is 77.9 Å². The molecule has 1 fully saturated rings. The van der Waals surface area contributed by atoms with Crippen molar-refractivity contribution in [2.45, 2.75) is 24.8 Å². The van der Waals surface area contributed by atoms with Crippen molar-refractivity contribution in [3.8, 4) is 0 Å². The van der Waals surface area contributed by atoms with Crippen molar-refractivity contribution in [3.63, 3.8) is 0 Å². The maximum absolute atomic E-state index is 12.7. The van der Waals surface area contributed by atoms with Gasteiger partial charge in [-0.3, -0.25) is 9.69 Å². The third-order valence-corrected chi connectivity index (χ3v) is 5.16. The van der Waals surface area contributed by atoms with E-state index in [2.05, 4.69) is 4.90 Å². The molecule has 1 atom stereocenters. The lowest BCUT2D eigenvalue weighted by Crippen LogP contribution is -2.50. The third-order valence-electron chi connectivity index (χ3n) is 4.05. The summed E-state index contributed by atoms with van der Waals surface area (Å²) in [6.07, 6.45) is 0.756. The molecule has 0 bridgehead atoms. The van der Waals surface area contributed by atoms with Crippen molar-refractivity contribution >= 4 is 15.7 Å². The molecule has 0 aliphatic carbocycles. The van der Waals surface area contributed by atoms with Gasteiger partial charge in [0, 0.05) is 44.5 Å². The van der Waals surface area contributed by atoms with E-state index in [1.54, 1.807) is 17.9 Å². The summed E-state index contributed by atoms with van der Waals surface area (Å²) in [5, 5.41) is 9.42. The van der Waals surface area contributed by atoms with Crippen LogP contribution in [0.4, 0.5) is 0 Å². The second-order valence-electron chi connectivity index (χ2n) is 6.19. The molecule has 0 spiro atoms. The summed E-state index contributed by atoms with van der Waals surface area (Å²) in [6, 6.07) is 4.67. The maximum Gasteiger partial charge on any atom is 0.254 e. The number of aliphatic hydroxyl groups is 1. The average molecular weight is 340 g/mol. The lowest BCUT2D eigenvalue weighted by Gasteiger charge is -2.35. The van der Waals surface area contributed by atoms with E-state index in [4.69, 9.17) is 0 Å². The molecule has 1 aliphatic rings. The number of rotatable bonds is 4. The van der Waals surface area contributed by atoms with Crippen molar-refractivity contribution in [2.75, 3.05) is 39.0 Å². The van der Waals surface area contributed by atoms with Crippen LogP contribution >= 0.6 is 0 Å². The van der Waals surface area contributed by atoms with E-state index in [9.17, 15) is 18.3 Å². The van der Waals surface area contributed by atoms with Crippen LogP contribution in [0.15, 0.2) is 23.1 Å². The molecular weight excluding hydrogens is 316 g/mol. The summed E-state index contributed by atoms with van der Waals surface area (Å²) < 4.78 is 23.4. The molecule has 1 N–H and O–H groups in total. The van der Waals surface area contributed by atoms with Crippen molar-refractivity contribution in [1.29, 1.82) is 0 Å². The molecule has 2 rings (SSSR count). The number of hydrogen-bond acceptors (Lipinski definition) is 5. The van der Waals surface area contributed by atoms with Gasteiger partial charge in [0.05, 0.1) is 11.0 Å². The molecule has 1 amide bonds. The number of nitrogens with zero attached hydrogens (tertiary/aromatic N) is 2. The number of β-amino-alcohol motifs (C(OH)–C–C–N with tert-alkyl or cyclic N) is 1. The summed E-state index contributed by atoms with van der Waals surface area (Å²) in [4.78, 5) is 16.7. The molecular formula is C16H24N2O4S. The molecule has 1 heterocycles. The minimum absolute atomic E-state index is 0.135. The number of benzene rings is 1. The SMILES string of the molecule is Cc1ccc(S(C)(=O)=O)cc1C(=O)N1CCN(C[C@H](C)O)CC1. The van der Waals surface area contributed by atoms with Gasteiger partial charge in [-0.2, -0.15) is 0 Å². The first-order chi connectivity index (χ1) is 10.7. The van der Waals surface area contributed by atoms with Crippen molar-refractivity contribution in [1.82, 2.24) is 9.80 Å². The smallest absolute Gasteiger partial charge is 0.254 e. The predicted molar refractivity (Wildman–Crippen MR) is 88.3 cm³/mol. The number of carbonyl (C=O) groups is 1. The molecule has 128 valence electrons. The normalized spacial score (nSPS) is 18.0. The summed E-state index contributed by atoms with van der Waals surface area (Å²) in [5.41, 5.74) is 1.21. The van der Waals surface area contributed by atoms with Crippen LogP contribution in [-0.4, -0.2) is 74.3 Å². The highest BCUT2D eigenvalue weighted by Gasteiger charge is 2.24. The Morgan fingerprint density at radius 1 is 1.26 bits per heavy atom. The van der Waals surface area contributed by atoms with Crippen LogP contribution in [0, 0.1) is 6.92 Å². The predicted octanol–water partition coefficient (Wildman–Crippen LogP) is 0.537. The highest BCUT2D eigenvalue weighted by atomic mass is 32.2. The summed E-state index contributed by atoms with van der Waals surface area (Å²) >= 11 is 0. The Morgan fingerprint density at radius 2 is 1.87 bits per heavy atom. The van der Waals surface area contributed by atoms with Crippen LogP contribution in [0.5, 0.6) is 0 Å². The zero-order valence-electron chi connectivity index (χ0n) is 13.8. The molecule has 0 radical (unpaired) electrons. The molecule has 6 nitrogen and oxygen atoms in total. The van der Waals surface area contributed by atoms with Gasteiger partial charge in [0.2, 0.25) is 0 Å². The zero-order chi connectivity index (χ0) is 17.2. The number of amides is 1. The van der Waals surface area contributed by atoms with Gasteiger partial charge < -0.3 is 10.0 Å². The molecule has 23 heavy (non-hydrogen) atoms. The summed E-state index contributed by atoms with van der Waals surface area (Å²) in [6.45, 7) is 6.73. The fourth-order valence-corrected chi connectivity index (χ4v) is 3.39. The van der Waals surface area contributed by atoms with Crippen molar-refractivity contribution < 1.29 is 18.3 Å². The molecule has 0 aromatic heterocycles. The quantitative estimate of drug-likeness (QED) is 0.865. The highest BCUT2D eigenvalue weighted by molar-refractivity contribution is 7.90. The molecule has 1 saturated heterocycles. The third kappa shape index (κ3) is 4.53. The zero-order valence-corrected chi connectivity index (χ0v) is 14.6. The minimum atomic E-state index is -3.34. The average Bonchev–Trinajstić information content (AvgIpc) is 2.46. The molecule has 7 heteroatoms. The molecule has 1 aromatic carbocycles. The first-order valence-electron chi connectivity index (χ1n) is 7.69. The standard InChI is InChI=1S/C16H24N2O4S/c1-12-4-5-14(23(3,21)22)10-15(12)16(20)18-8-6-17(7-9-18)11-13(2)19/h4-5,10,13,19H,6-9,11H2,1-3H3/t13-/m0/s1. The van der Waals surface area contributed by atoms with Crippen molar-refractivity contribution in [3.05, 3.63) is 29.3 Å². The van der Waals surface area contributed by atoms with Gasteiger partial charge in [0.15, 0.2) is 9.84 Å². The lowest BCUT2D eigenvalue weighted by molar-refractivity contribution is 0.0553. The van der Waals surface area contributed by atoms with E-state index in [1.807, 2.05) is 6.92 Å². The Balaban J connectivity index is 2.13. The molecule has 0 unspecified atom stereocenters. The van der Waals surface area contributed by atoms with Gasteiger partial charge in [-0.1, -0.05) is 6.07 Å². The fraction of sp³-hybridized carbons (Fsp3) is 0.562. The molecule has 0 saturated carbocycles. The van der Waals surface area contributed by atoms with Crippen LogP contribution in [0.3, 0.4) is 0 Å². The number of aliphatic hydroxyl groups excluding tert-OH is 1. The van der Waals surface area contributed by atoms with Gasteiger partial charge >= 0.3 is 0 Å². The van der Waals surface area contributed by atoms with E-state index in [1.165, 1.54) is 12.1 Å². The van der Waals surface area contributed by atoms with E-state index >= 15 is 0 Å². The summed E-state index contributed by atoms with van der Waals surface area (Å²) in [7, 11) is -3.34. The lowest BCUT2D eigenvalue weighted by atomic mass is 10.1. The number of aryl methyl sites for hydroxylation is 1. The van der Waals surface area contributed by atoms with Crippen LogP contribution in [0.1, 0.15) is 22.8 Å². The second-order valence-corrected chi connectivity index (χ2v) is 8.21. The van der Waals surface area contributed by atoms with Crippen LogP contribution in [0.25, 0.3) is 0 Å². The van der Waals surface area contributed by atoms with Crippen molar-refractivity contribution in [2.24, 2.45) is 0 Å². The van der Waals surface area contributed by atoms with Gasteiger partial charge in [-0.05, 0) is 31.5 Å². The van der Waals surface area contributed by atoms with E-state index in [-0.39, 0.29) is 16.9 Å². The molecule has 1 aromatic rings. The van der Waals surface area contributed by atoms with Gasteiger partial charge in [-0.15, -0.1) is 0 Å². The highest BCUT2D eigenvalue weighted by Crippen LogP contribution is 2.18. The van der Waals surface area contributed by atoms with E-state index in [0.717, 1.165) is 11.8 Å². The van der Waals surface area contributed by atoms with E-state index in [0.29, 0.717) is 38.3 Å².